The fourth-order valence-electron chi connectivity index (χ4n) is 2.64. The van der Waals surface area contributed by atoms with E-state index in [9.17, 15) is 4.39 Å². The first kappa shape index (κ1) is 21.9. The molecule has 1 heterocycles. The summed E-state index contributed by atoms with van der Waals surface area (Å²) in [6.07, 6.45) is 2.29. The maximum atomic E-state index is 13.6. The van der Waals surface area contributed by atoms with E-state index >= 15 is 0 Å². The summed E-state index contributed by atoms with van der Waals surface area (Å²) in [7, 11) is 1.69. The number of aryl methyl sites for hydroxylation is 1. The zero-order valence-electron chi connectivity index (χ0n) is 15.9. The summed E-state index contributed by atoms with van der Waals surface area (Å²) in [6.45, 7) is 3.02. The van der Waals surface area contributed by atoms with Gasteiger partial charge in [0.15, 0.2) is 11.7 Å². The second-order valence-corrected chi connectivity index (χ2v) is 6.18. The first-order valence-electron chi connectivity index (χ1n) is 8.85. The van der Waals surface area contributed by atoms with E-state index < -0.39 is 0 Å². The Labute approximate surface area is 181 Å². The summed E-state index contributed by atoms with van der Waals surface area (Å²) >= 11 is 0. The van der Waals surface area contributed by atoms with Gasteiger partial charge in [0.2, 0.25) is 5.89 Å². The van der Waals surface area contributed by atoms with Gasteiger partial charge in [0, 0.05) is 19.2 Å². The van der Waals surface area contributed by atoms with E-state index in [1.54, 1.807) is 25.4 Å². The highest BCUT2D eigenvalue weighted by Crippen LogP contribution is 2.20. The van der Waals surface area contributed by atoms with Crippen molar-refractivity contribution in [2.75, 3.05) is 13.6 Å². The Bertz CT molecular complexity index is 909. The molecule has 7 heteroatoms. The van der Waals surface area contributed by atoms with Crippen LogP contribution in [0.2, 0.25) is 0 Å². The number of nitrogens with zero attached hydrogens (tertiary/aromatic N) is 2. The predicted octanol–water partition coefficient (Wildman–Crippen LogP) is 4.31. The SMILES string of the molecule is CN=C(NCCc1ccccc1F)NCc1ncc(-c2ccc(C)cc2)o1.I. The number of guanidine groups is 1. The molecule has 28 heavy (non-hydrogen) atoms. The number of rotatable bonds is 6. The Kier molecular flexibility index (Phi) is 8.43. The van der Waals surface area contributed by atoms with Crippen LogP contribution in [-0.2, 0) is 13.0 Å². The lowest BCUT2D eigenvalue weighted by Crippen LogP contribution is -2.38. The number of halogens is 2. The van der Waals surface area contributed by atoms with Crippen LogP contribution in [-0.4, -0.2) is 24.5 Å². The number of nitrogens with one attached hydrogen (secondary N) is 2. The van der Waals surface area contributed by atoms with E-state index in [1.165, 1.54) is 11.6 Å². The molecular weight excluding hydrogens is 470 g/mol. The number of hydrogen-bond donors (Lipinski definition) is 2. The highest BCUT2D eigenvalue weighted by molar-refractivity contribution is 14.0. The van der Waals surface area contributed by atoms with Crippen LogP contribution < -0.4 is 10.6 Å². The molecule has 0 saturated carbocycles. The third-order valence-corrected chi connectivity index (χ3v) is 4.16. The first-order valence-corrected chi connectivity index (χ1v) is 8.85. The fourth-order valence-corrected chi connectivity index (χ4v) is 2.64. The topological polar surface area (TPSA) is 62.5 Å². The molecule has 0 aliphatic heterocycles. The lowest BCUT2D eigenvalue weighted by atomic mass is 10.1. The quantitative estimate of drug-likeness (QED) is 0.305. The largest absolute Gasteiger partial charge is 0.439 e. The first-order chi connectivity index (χ1) is 13.2. The number of aromatic nitrogens is 1. The van der Waals surface area contributed by atoms with Gasteiger partial charge in [-0.3, -0.25) is 4.99 Å². The molecule has 0 spiro atoms. The summed E-state index contributed by atoms with van der Waals surface area (Å²) in [6, 6.07) is 14.9. The van der Waals surface area contributed by atoms with Crippen molar-refractivity contribution in [1.82, 2.24) is 15.6 Å². The average molecular weight is 494 g/mol. The van der Waals surface area contributed by atoms with Crippen molar-refractivity contribution in [2.45, 2.75) is 19.9 Å². The zero-order chi connectivity index (χ0) is 19.1. The van der Waals surface area contributed by atoms with Crippen LogP contribution in [0.3, 0.4) is 0 Å². The predicted molar refractivity (Wildman–Crippen MR) is 120 cm³/mol. The molecule has 0 aliphatic rings. The molecule has 2 aromatic carbocycles. The van der Waals surface area contributed by atoms with E-state index in [1.807, 2.05) is 37.3 Å². The second kappa shape index (κ2) is 10.8. The molecule has 3 aromatic rings. The average Bonchev–Trinajstić information content (AvgIpc) is 3.15. The number of oxazole rings is 1. The van der Waals surface area contributed by atoms with Gasteiger partial charge in [-0.15, -0.1) is 24.0 Å². The van der Waals surface area contributed by atoms with Crippen LogP contribution in [0, 0.1) is 12.7 Å². The van der Waals surface area contributed by atoms with Crippen LogP contribution in [0.25, 0.3) is 11.3 Å². The molecule has 148 valence electrons. The van der Waals surface area contributed by atoms with Gasteiger partial charge in [-0.25, -0.2) is 9.37 Å². The molecule has 0 atom stereocenters. The molecular formula is C21H24FIN4O. The molecule has 0 saturated heterocycles. The molecule has 5 nitrogen and oxygen atoms in total. The highest BCUT2D eigenvalue weighted by Gasteiger charge is 2.07. The summed E-state index contributed by atoms with van der Waals surface area (Å²) in [5, 5.41) is 6.31. The van der Waals surface area contributed by atoms with Crippen molar-refractivity contribution in [3.05, 3.63) is 77.6 Å². The maximum Gasteiger partial charge on any atom is 0.214 e. The van der Waals surface area contributed by atoms with Crippen LogP contribution >= 0.6 is 24.0 Å². The molecule has 0 unspecified atom stereocenters. The minimum absolute atomic E-state index is 0. The van der Waals surface area contributed by atoms with Crippen LogP contribution in [0.1, 0.15) is 17.0 Å². The molecule has 3 rings (SSSR count). The zero-order valence-corrected chi connectivity index (χ0v) is 18.2. The molecule has 1 aromatic heterocycles. The second-order valence-electron chi connectivity index (χ2n) is 6.18. The summed E-state index contributed by atoms with van der Waals surface area (Å²) in [5.41, 5.74) is 2.87. The Hall–Kier alpha value is -2.42. The van der Waals surface area contributed by atoms with E-state index in [-0.39, 0.29) is 29.8 Å². The van der Waals surface area contributed by atoms with Gasteiger partial charge in [-0.2, -0.15) is 0 Å². The maximum absolute atomic E-state index is 13.6. The summed E-state index contributed by atoms with van der Waals surface area (Å²) < 4.78 is 19.4. The van der Waals surface area contributed by atoms with Crippen molar-refractivity contribution in [3.8, 4) is 11.3 Å². The standard InChI is InChI=1S/C21H23FN4O.HI/c1-15-7-9-17(10-8-15)19-13-25-20(27-19)14-26-21(23-2)24-12-11-16-5-3-4-6-18(16)22;/h3-10,13H,11-12,14H2,1-2H3,(H2,23,24,26);1H. The van der Waals surface area contributed by atoms with Crippen LogP contribution in [0.5, 0.6) is 0 Å². The van der Waals surface area contributed by atoms with E-state index in [0.717, 1.165) is 11.3 Å². The third-order valence-electron chi connectivity index (χ3n) is 4.16. The number of aliphatic imine (C=N–C) groups is 1. The Morgan fingerprint density at radius 2 is 1.86 bits per heavy atom. The minimum atomic E-state index is -0.189. The third kappa shape index (κ3) is 6.05. The van der Waals surface area contributed by atoms with Crippen molar-refractivity contribution in [1.29, 1.82) is 0 Å². The van der Waals surface area contributed by atoms with E-state index in [2.05, 4.69) is 20.6 Å². The highest BCUT2D eigenvalue weighted by atomic mass is 127. The van der Waals surface area contributed by atoms with Gasteiger partial charge in [-0.05, 0) is 25.0 Å². The van der Waals surface area contributed by atoms with E-state index in [4.69, 9.17) is 4.42 Å². The smallest absolute Gasteiger partial charge is 0.214 e. The fraction of sp³-hybridized carbons (Fsp3) is 0.238. The van der Waals surface area contributed by atoms with Gasteiger partial charge in [-0.1, -0.05) is 48.0 Å². The lowest BCUT2D eigenvalue weighted by Gasteiger charge is -2.10. The van der Waals surface area contributed by atoms with Crippen molar-refractivity contribution >= 4 is 29.9 Å². The van der Waals surface area contributed by atoms with Gasteiger partial charge in [0.05, 0.1) is 12.7 Å². The van der Waals surface area contributed by atoms with Gasteiger partial charge in [0.1, 0.15) is 5.82 Å². The molecule has 0 radical (unpaired) electrons. The molecule has 2 N–H and O–H groups in total. The minimum Gasteiger partial charge on any atom is -0.439 e. The molecule has 0 fully saturated rings. The number of hydrogen-bond acceptors (Lipinski definition) is 3. The Morgan fingerprint density at radius 1 is 1.11 bits per heavy atom. The van der Waals surface area contributed by atoms with Crippen molar-refractivity contribution in [3.63, 3.8) is 0 Å². The lowest BCUT2D eigenvalue weighted by molar-refractivity contribution is 0.497. The van der Waals surface area contributed by atoms with Gasteiger partial charge < -0.3 is 15.1 Å². The van der Waals surface area contributed by atoms with Gasteiger partial charge in [0.25, 0.3) is 0 Å². The van der Waals surface area contributed by atoms with Gasteiger partial charge >= 0.3 is 0 Å². The summed E-state index contributed by atoms with van der Waals surface area (Å²) in [5.74, 6) is 1.73. The Balaban J connectivity index is 0.00000280. The van der Waals surface area contributed by atoms with Crippen molar-refractivity contribution < 1.29 is 8.81 Å². The molecule has 0 amide bonds. The summed E-state index contributed by atoms with van der Waals surface area (Å²) in [4.78, 5) is 8.46. The monoisotopic (exact) mass is 494 g/mol. The Morgan fingerprint density at radius 3 is 2.57 bits per heavy atom. The molecule has 0 aliphatic carbocycles. The number of benzene rings is 2. The van der Waals surface area contributed by atoms with Crippen LogP contribution in [0.4, 0.5) is 4.39 Å². The van der Waals surface area contributed by atoms with Crippen LogP contribution in [0.15, 0.2) is 64.1 Å². The van der Waals surface area contributed by atoms with E-state index in [0.29, 0.717) is 36.9 Å². The normalized spacial score (nSPS) is 11.0. The molecule has 0 bridgehead atoms. The van der Waals surface area contributed by atoms with Crippen molar-refractivity contribution in [2.24, 2.45) is 4.99 Å².